The molecule has 1 saturated carbocycles. The monoisotopic (exact) mass is 568 g/mol. The molecule has 0 aliphatic heterocycles. The van der Waals surface area contributed by atoms with Crippen molar-refractivity contribution in [2.75, 3.05) is 19.6 Å². The first kappa shape index (κ1) is 31.6. The molecule has 1 aliphatic carbocycles. The second-order valence-electron chi connectivity index (χ2n) is 7.50. The molecule has 2 N–H and O–H groups in total. The van der Waals surface area contributed by atoms with Crippen molar-refractivity contribution < 1.29 is 61.8 Å². The van der Waals surface area contributed by atoms with Gasteiger partial charge in [-0.15, -0.1) is 0 Å². The number of rotatable bonds is 4. The molecule has 1 aliphatic rings. The maximum atomic E-state index is 14.4. The number of halogens is 6. The molecule has 36 heavy (non-hydrogen) atoms. The molecule has 0 bridgehead atoms. The number of alkyl halides is 6. The number of aryl methyl sites for hydroxylation is 1. The van der Waals surface area contributed by atoms with Crippen molar-refractivity contribution in [3.63, 3.8) is 0 Å². The summed E-state index contributed by atoms with van der Waals surface area (Å²) < 4.78 is 142. The van der Waals surface area contributed by atoms with Gasteiger partial charge < -0.3 is 9.47 Å². The standard InChI is InChI=1S/C18H14F6O2.2CH4O3S/c1-11-3-5-12(6-4-11)13-7-9-14(10-8-13)26-18(24)16(21,22)15(19,20)17(18,23)25-2;2*1-5(2,3)4/h3-10H,1-2H3;2*1H3,(H,2,3,4). The van der Waals surface area contributed by atoms with Gasteiger partial charge in [-0.3, -0.25) is 9.11 Å². The summed E-state index contributed by atoms with van der Waals surface area (Å²) in [6, 6.07) is 12.3. The SMILES string of the molecule is COC1(F)C(F)(F)C(F)(F)C1(F)Oc1ccc(-c2ccc(C)cc2)cc1.CS(=O)(=O)O.CS(=O)(=O)O. The first-order valence-electron chi connectivity index (χ1n) is 9.40. The molecule has 1 fully saturated rings. The van der Waals surface area contributed by atoms with Crippen LogP contribution in [0, 0.1) is 6.92 Å². The second kappa shape index (κ2) is 10.5. The maximum absolute atomic E-state index is 14.4. The van der Waals surface area contributed by atoms with E-state index in [1.807, 2.05) is 19.1 Å². The summed E-state index contributed by atoms with van der Waals surface area (Å²) in [6.07, 6.45) is 1.43. The molecule has 2 unspecified atom stereocenters. The first-order valence-corrected chi connectivity index (χ1v) is 13.1. The Balaban J connectivity index is 0.000000550. The van der Waals surface area contributed by atoms with Crippen LogP contribution in [-0.2, 0) is 25.0 Å². The fourth-order valence-corrected chi connectivity index (χ4v) is 2.76. The molecule has 0 aromatic heterocycles. The second-order valence-corrected chi connectivity index (χ2v) is 10.4. The van der Waals surface area contributed by atoms with E-state index in [4.69, 9.17) is 9.11 Å². The summed E-state index contributed by atoms with van der Waals surface area (Å²) in [4.78, 5) is 0. The van der Waals surface area contributed by atoms with Crippen LogP contribution in [0.3, 0.4) is 0 Å². The molecule has 2 aromatic rings. The topological polar surface area (TPSA) is 127 Å². The van der Waals surface area contributed by atoms with Gasteiger partial charge in [0, 0.05) is 7.11 Å². The molecule has 0 amide bonds. The van der Waals surface area contributed by atoms with Gasteiger partial charge in [0.15, 0.2) is 0 Å². The van der Waals surface area contributed by atoms with Crippen molar-refractivity contribution in [3.8, 4) is 16.9 Å². The lowest BCUT2D eigenvalue weighted by Gasteiger charge is -2.55. The lowest BCUT2D eigenvalue weighted by molar-refractivity contribution is -0.538. The molecule has 16 heteroatoms. The average Bonchev–Trinajstić information content (AvgIpc) is 2.71. The molecule has 0 spiro atoms. The van der Waals surface area contributed by atoms with Gasteiger partial charge in [0.2, 0.25) is 0 Å². The summed E-state index contributed by atoms with van der Waals surface area (Å²) in [5, 5.41) is 0. The summed E-state index contributed by atoms with van der Waals surface area (Å²) in [5.74, 6) is -20.6. The molecular formula is C20H22F6O8S2. The van der Waals surface area contributed by atoms with Gasteiger partial charge in [0.25, 0.3) is 20.2 Å². The molecule has 3 rings (SSSR count). The molecule has 2 aromatic carbocycles. The van der Waals surface area contributed by atoms with E-state index in [1.165, 1.54) is 12.1 Å². The van der Waals surface area contributed by atoms with Crippen LogP contribution in [0.15, 0.2) is 48.5 Å². The highest BCUT2D eigenvalue weighted by Crippen LogP contribution is 2.68. The van der Waals surface area contributed by atoms with Gasteiger partial charge >= 0.3 is 23.6 Å². The van der Waals surface area contributed by atoms with Crippen molar-refractivity contribution in [2.24, 2.45) is 0 Å². The summed E-state index contributed by atoms with van der Waals surface area (Å²) in [5.41, 5.74) is 2.46. The zero-order valence-corrected chi connectivity index (χ0v) is 20.7. The average molecular weight is 569 g/mol. The predicted octanol–water partition coefficient (Wildman–Crippen LogP) is 4.31. The third-order valence-electron chi connectivity index (χ3n) is 4.39. The Morgan fingerprint density at radius 2 is 0.972 bits per heavy atom. The third kappa shape index (κ3) is 6.88. The minimum absolute atomic E-state index is 0.362. The molecule has 0 radical (unpaired) electrons. The van der Waals surface area contributed by atoms with Crippen LogP contribution in [0.1, 0.15) is 5.56 Å². The van der Waals surface area contributed by atoms with E-state index in [0.29, 0.717) is 25.2 Å². The van der Waals surface area contributed by atoms with Gasteiger partial charge in [-0.2, -0.15) is 43.2 Å². The molecule has 2 atom stereocenters. The summed E-state index contributed by atoms with van der Waals surface area (Å²) in [6.45, 7) is 1.90. The largest absolute Gasteiger partial charge is 0.448 e. The van der Waals surface area contributed by atoms with Crippen LogP contribution in [0.5, 0.6) is 5.75 Å². The van der Waals surface area contributed by atoms with Crippen molar-refractivity contribution in [1.29, 1.82) is 0 Å². The Hall–Kier alpha value is -2.40. The predicted molar refractivity (Wildman–Crippen MR) is 117 cm³/mol. The highest BCUT2D eigenvalue weighted by atomic mass is 32.2. The van der Waals surface area contributed by atoms with E-state index in [9.17, 15) is 43.2 Å². The van der Waals surface area contributed by atoms with E-state index < -0.39 is 49.5 Å². The van der Waals surface area contributed by atoms with E-state index in [1.54, 1.807) is 12.1 Å². The highest BCUT2D eigenvalue weighted by molar-refractivity contribution is 7.85. The van der Waals surface area contributed by atoms with Crippen LogP contribution in [0.2, 0.25) is 0 Å². The Morgan fingerprint density at radius 1 is 0.667 bits per heavy atom. The van der Waals surface area contributed by atoms with Gasteiger partial charge in [0.05, 0.1) is 12.5 Å². The van der Waals surface area contributed by atoms with Crippen LogP contribution >= 0.6 is 0 Å². The van der Waals surface area contributed by atoms with Crippen LogP contribution in [0.25, 0.3) is 11.1 Å². The van der Waals surface area contributed by atoms with Crippen molar-refractivity contribution in [1.82, 2.24) is 0 Å². The van der Waals surface area contributed by atoms with Gasteiger partial charge in [-0.25, -0.2) is 0 Å². The number of methoxy groups -OCH3 is 1. The zero-order chi connectivity index (χ0) is 28.4. The number of ether oxygens (including phenoxy) is 2. The van der Waals surface area contributed by atoms with E-state index in [0.717, 1.165) is 23.3 Å². The Kier molecular flexibility index (Phi) is 9.25. The van der Waals surface area contributed by atoms with Crippen LogP contribution in [0.4, 0.5) is 26.3 Å². The van der Waals surface area contributed by atoms with Crippen LogP contribution in [-0.4, -0.2) is 69.1 Å². The zero-order valence-electron chi connectivity index (χ0n) is 19.0. The number of hydrogen-bond acceptors (Lipinski definition) is 6. The van der Waals surface area contributed by atoms with Gasteiger partial charge in [0.1, 0.15) is 5.75 Å². The molecular weight excluding hydrogens is 546 g/mol. The van der Waals surface area contributed by atoms with Crippen molar-refractivity contribution >= 4 is 20.2 Å². The lowest BCUT2D eigenvalue weighted by Crippen LogP contribution is -2.88. The summed E-state index contributed by atoms with van der Waals surface area (Å²) >= 11 is 0. The van der Waals surface area contributed by atoms with E-state index in [-0.39, 0.29) is 0 Å². The summed E-state index contributed by atoms with van der Waals surface area (Å²) in [7, 11) is -6.97. The molecule has 0 heterocycles. The first-order chi connectivity index (χ1) is 16.0. The van der Waals surface area contributed by atoms with Crippen molar-refractivity contribution in [2.45, 2.75) is 30.5 Å². The van der Waals surface area contributed by atoms with Crippen molar-refractivity contribution in [3.05, 3.63) is 54.1 Å². The van der Waals surface area contributed by atoms with Gasteiger partial charge in [-0.05, 0) is 30.2 Å². The molecule has 204 valence electrons. The minimum atomic E-state index is -5.40. The normalized spacial score (nSPS) is 24.2. The number of hydrogen-bond donors (Lipinski definition) is 2. The number of benzene rings is 2. The third-order valence-corrected chi connectivity index (χ3v) is 4.39. The van der Waals surface area contributed by atoms with E-state index in [2.05, 4.69) is 9.47 Å². The Morgan fingerprint density at radius 3 is 1.31 bits per heavy atom. The Labute approximate surface area is 203 Å². The fourth-order valence-electron chi connectivity index (χ4n) is 2.76. The van der Waals surface area contributed by atoms with Gasteiger partial charge in [-0.1, -0.05) is 42.0 Å². The lowest BCUT2D eigenvalue weighted by atomic mass is 9.76. The minimum Gasteiger partial charge on any atom is -0.448 e. The molecule has 8 nitrogen and oxygen atoms in total. The Bertz CT molecular complexity index is 1210. The molecule has 0 saturated heterocycles. The van der Waals surface area contributed by atoms with Crippen LogP contribution < -0.4 is 4.74 Å². The fraction of sp³-hybridized carbons (Fsp3) is 0.400. The van der Waals surface area contributed by atoms with E-state index >= 15 is 0 Å². The quantitative estimate of drug-likeness (QED) is 0.413. The highest BCUT2D eigenvalue weighted by Gasteiger charge is 3.02. The maximum Gasteiger partial charge on any atom is 0.390 e. The smallest absolute Gasteiger partial charge is 0.390 e.